The van der Waals surface area contributed by atoms with Crippen LogP contribution in [0.25, 0.3) is 10.2 Å². The van der Waals surface area contributed by atoms with Gasteiger partial charge in [-0.15, -0.1) is 11.3 Å². The van der Waals surface area contributed by atoms with E-state index in [0.717, 1.165) is 31.4 Å². The van der Waals surface area contributed by atoms with Gasteiger partial charge in [0.2, 0.25) is 0 Å². The van der Waals surface area contributed by atoms with Gasteiger partial charge in [-0.25, -0.2) is 4.98 Å². The fraction of sp³-hybridized carbons (Fsp3) is 0.364. The standard InChI is InChI=1S/C22H24N2O3S/c1-15(27-19-9-5-4-8-18(19)26-2)22(25)24-13-11-16(12-14-24)21-23-17-7-3-6-10-20(17)28-21/h3-10,15-16H,11-14H2,1-2H3/t15-/m0/s1. The van der Waals surface area contributed by atoms with Crippen molar-refractivity contribution in [3.63, 3.8) is 0 Å². The molecule has 0 bridgehead atoms. The van der Waals surface area contributed by atoms with Crippen LogP contribution in [-0.4, -0.2) is 42.1 Å². The van der Waals surface area contributed by atoms with Crippen LogP contribution in [0.4, 0.5) is 0 Å². The number of piperidine rings is 1. The maximum absolute atomic E-state index is 12.8. The molecule has 2 heterocycles. The molecule has 1 amide bonds. The number of ether oxygens (including phenoxy) is 2. The number of methoxy groups -OCH3 is 1. The van der Waals surface area contributed by atoms with Gasteiger partial charge in [0.05, 0.1) is 22.3 Å². The monoisotopic (exact) mass is 396 g/mol. The van der Waals surface area contributed by atoms with Crippen LogP contribution in [0.15, 0.2) is 48.5 Å². The highest BCUT2D eigenvalue weighted by Crippen LogP contribution is 2.34. The van der Waals surface area contributed by atoms with Crippen molar-refractivity contribution in [1.82, 2.24) is 9.88 Å². The van der Waals surface area contributed by atoms with E-state index in [-0.39, 0.29) is 5.91 Å². The van der Waals surface area contributed by atoms with Crippen LogP contribution in [0.2, 0.25) is 0 Å². The average molecular weight is 397 g/mol. The second-order valence-corrected chi connectivity index (χ2v) is 8.09. The highest BCUT2D eigenvalue weighted by atomic mass is 32.1. The molecule has 1 aliphatic rings. The van der Waals surface area contributed by atoms with Gasteiger partial charge in [-0.2, -0.15) is 0 Å². The van der Waals surface area contributed by atoms with Crippen molar-refractivity contribution >= 4 is 27.5 Å². The number of fused-ring (bicyclic) bond motifs is 1. The van der Waals surface area contributed by atoms with E-state index in [1.54, 1.807) is 25.4 Å². The predicted molar refractivity (Wildman–Crippen MR) is 111 cm³/mol. The Labute approximate surface area is 168 Å². The van der Waals surface area contributed by atoms with Crippen LogP contribution < -0.4 is 9.47 Å². The van der Waals surface area contributed by atoms with Gasteiger partial charge in [-0.3, -0.25) is 4.79 Å². The molecule has 1 atom stereocenters. The van der Waals surface area contributed by atoms with E-state index < -0.39 is 6.10 Å². The second-order valence-electron chi connectivity index (χ2n) is 7.03. The number of carbonyl (C=O) groups excluding carboxylic acids is 1. The third-order valence-corrected chi connectivity index (χ3v) is 6.39. The predicted octanol–water partition coefficient (Wildman–Crippen LogP) is 4.48. The summed E-state index contributed by atoms with van der Waals surface area (Å²) in [6.45, 7) is 3.27. The maximum Gasteiger partial charge on any atom is 0.263 e. The Kier molecular flexibility index (Phi) is 5.48. The van der Waals surface area contributed by atoms with Crippen molar-refractivity contribution < 1.29 is 14.3 Å². The van der Waals surface area contributed by atoms with Gasteiger partial charge < -0.3 is 14.4 Å². The summed E-state index contributed by atoms with van der Waals surface area (Å²) in [6, 6.07) is 15.7. The third kappa shape index (κ3) is 3.83. The Morgan fingerprint density at radius 2 is 1.79 bits per heavy atom. The lowest BCUT2D eigenvalue weighted by atomic mass is 9.97. The third-order valence-electron chi connectivity index (χ3n) is 5.19. The quantitative estimate of drug-likeness (QED) is 0.638. The van der Waals surface area contributed by atoms with E-state index in [0.29, 0.717) is 17.4 Å². The van der Waals surface area contributed by atoms with Crippen LogP contribution in [0.5, 0.6) is 11.5 Å². The average Bonchev–Trinajstić information content (AvgIpc) is 3.18. The summed E-state index contributed by atoms with van der Waals surface area (Å²) < 4.78 is 12.4. The fourth-order valence-corrected chi connectivity index (χ4v) is 4.76. The molecule has 1 aliphatic heterocycles. The number of hydrogen-bond donors (Lipinski definition) is 0. The maximum atomic E-state index is 12.8. The minimum Gasteiger partial charge on any atom is -0.493 e. The minimum atomic E-state index is -0.546. The van der Waals surface area contributed by atoms with Gasteiger partial charge in [0, 0.05) is 19.0 Å². The fourth-order valence-electron chi connectivity index (χ4n) is 3.63. The number of carbonyl (C=O) groups is 1. The van der Waals surface area contributed by atoms with E-state index in [4.69, 9.17) is 14.5 Å². The molecular weight excluding hydrogens is 372 g/mol. The zero-order valence-electron chi connectivity index (χ0n) is 16.1. The molecule has 1 aromatic heterocycles. The molecule has 0 aliphatic carbocycles. The number of amides is 1. The Balaban J connectivity index is 1.36. The molecule has 0 unspecified atom stereocenters. The highest BCUT2D eigenvalue weighted by molar-refractivity contribution is 7.18. The van der Waals surface area contributed by atoms with Crippen LogP contribution >= 0.6 is 11.3 Å². The van der Waals surface area contributed by atoms with Gasteiger partial charge >= 0.3 is 0 Å². The topological polar surface area (TPSA) is 51.7 Å². The van der Waals surface area contributed by atoms with Crippen molar-refractivity contribution in [3.05, 3.63) is 53.5 Å². The second kappa shape index (κ2) is 8.19. The lowest BCUT2D eigenvalue weighted by molar-refractivity contribution is -0.139. The number of para-hydroxylation sites is 3. The first-order chi connectivity index (χ1) is 13.7. The normalized spacial score (nSPS) is 16.1. The molecule has 0 radical (unpaired) electrons. The summed E-state index contributed by atoms with van der Waals surface area (Å²) in [5, 5.41) is 1.19. The smallest absolute Gasteiger partial charge is 0.263 e. The number of rotatable bonds is 5. The van der Waals surface area contributed by atoms with Crippen molar-refractivity contribution in [2.75, 3.05) is 20.2 Å². The molecule has 0 saturated carbocycles. The number of aromatic nitrogens is 1. The van der Waals surface area contributed by atoms with Gasteiger partial charge in [-0.05, 0) is 44.0 Å². The molecule has 4 rings (SSSR count). The van der Waals surface area contributed by atoms with Gasteiger partial charge in [0.15, 0.2) is 17.6 Å². The Bertz CT molecular complexity index is 930. The van der Waals surface area contributed by atoms with Crippen molar-refractivity contribution in [2.45, 2.75) is 31.8 Å². The summed E-state index contributed by atoms with van der Waals surface area (Å²) >= 11 is 1.77. The molecule has 5 nitrogen and oxygen atoms in total. The Hall–Kier alpha value is -2.60. The van der Waals surface area contributed by atoms with Crippen molar-refractivity contribution in [3.8, 4) is 11.5 Å². The molecule has 0 N–H and O–H groups in total. The summed E-state index contributed by atoms with van der Waals surface area (Å²) in [5.74, 6) is 1.67. The molecule has 0 spiro atoms. The Morgan fingerprint density at radius 3 is 2.50 bits per heavy atom. The largest absolute Gasteiger partial charge is 0.493 e. The van der Waals surface area contributed by atoms with Gasteiger partial charge in [0.1, 0.15) is 0 Å². The van der Waals surface area contributed by atoms with Crippen LogP contribution in [0.1, 0.15) is 30.7 Å². The number of benzene rings is 2. The van der Waals surface area contributed by atoms with E-state index in [1.165, 1.54) is 9.71 Å². The summed E-state index contributed by atoms with van der Waals surface area (Å²) in [5.41, 5.74) is 1.07. The first-order valence-corrected chi connectivity index (χ1v) is 10.4. The zero-order chi connectivity index (χ0) is 19.5. The van der Waals surface area contributed by atoms with E-state index in [2.05, 4.69) is 18.2 Å². The Morgan fingerprint density at radius 1 is 1.11 bits per heavy atom. The summed E-state index contributed by atoms with van der Waals surface area (Å²) in [6.07, 6.45) is 1.33. The van der Waals surface area contributed by atoms with E-state index in [1.807, 2.05) is 35.2 Å². The van der Waals surface area contributed by atoms with Gasteiger partial charge in [-0.1, -0.05) is 24.3 Å². The molecule has 1 fully saturated rings. The first-order valence-electron chi connectivity index (χ1n) is 9.59. The zero-order valence-corrected chi connectivity index (χ0v) is 16.9. The SMILES string of the molecule is COc1ccccc1O[C@@H](C)C(=O)N1CCC(c2nc3ccccc3s2)CC1. The number of likely N-dealkylation sites (tertiary alicyclic amines) is 1. The van der Waals surface area contributed by atoms with Crippen LogP contribution in [0.3, 0.4) is 0 Å². The lowest BCUT2D eigenvalue weighted by Crippen LogP contribution is -2.44. The molecule has 146 valence electrons. The summed E-state index contributed by atoms with van der Waals surface area (Å²) in [4.78, 5) is 19.5. The van der Waals surface area contributed by atoms with Gasteiger partial charge in [0.25, 0.3) is 5.91 Å². The molecule has 2 aromatic carbocycles. The first kappa shape index (κ1) is 18.7. The van der Waals surface area contributed by atoms with E-state index in [9.17, 15) is 4.79 Å². The van der Waals surface area contributed by atoms with Crippen molar-refractivity contribution in [2.24, 2.45) is 0 Å². The molecule has 28 heavy (non-hydrogen) atoms. The molecule has 3 aromatic rings. The molecular formula is C22H24N2O3S. The van der Waals surface area contributed by atoms with Crippen LogP contribution in [-0.2, 0) is 4.79 Å². The number of nitrogens with zero attached hydrogens (tertiary/aromatic N) is 2. The van der Waals surface area contributed by atoms with E-state index >= 15 is 0 Å². The number of hydrogen-bond acceptors (Lipinski definition) is 5. The molecule has 1 saturated heterocycles. The van der Waals surface area contributed by atoms with Crippen LogP contribution in [0, 0.1) is 0 Å². The highest BCUT2D eigenvalue weighted by Gasteiger charge is 2.29. The minimum absolute atomic E-state index is 0.0219. The molecule has 6 heteroatoms. The van der Waals surface area contributed by atoms with Crippen molar-refractivity contribution in [1.29, 1.82) is 0 Å². The lowest BCUT2D eigenvalue weighted by Gasteiger charge is -2.32. The number of thiazole rings is 1. The summed E-state index contributed by atoms with van der Waals surface area (Å²) in [7, 11) is 1.60.